The average Bonchev–Trinajstić information content (AvgIpc) is 3.37. The maximum Gasteiger partial charge on any atom is 0.228 e. The highest BCUT2D eigenvalue weighted by molar-refractivity contribution is 7.17. The Morgan fingerprint density at radius 2 is 1.83 bits per heavy atom. The van der Waals surface area contributed by atoms with Crippen LogP contribution in [0.2, 0.25) is 0 Å². The number of benzene rings is 1. The van der Waals surface area contributed by atoms with Crippen molar-refractivity contribution in [3.63, 3.8) is 0 Å². The van der Waals surface area contributed by atoms with Crippen molar-refractivity contribution >= 4 is 39.7 Å². The zero-order valence-corrected chi connectivity index (χ0v) is 20.4. The molecule has 1 saturated heterocycles. The molecule has 3 aromatic heterocycles. The SMILES string of the molecule is O=CNCCO.c1ccc(-c2csc3nc(N4CCCCC4)nc(NCc4ccccn4)c23)cc1. The number of aliphatic hydroxyl groups excluding tert-OH is 1. The second-order valence-corrected chi connectivity index (χ2v) is 8.94. The predicted octanol–water partition coefficient (Wildman–Crippen LogP) is 4.08. The summed E-state index contributed by atoms with van der Waals surface area (Å²) in [5, 5.41) is 17.1. The lowest BCUT2D eigenvalue weighted by Gasteiger charge is -2.27. The molecular weight excluding hydrogens is 460 g/mol. The van der Waals surface area contributed by atoms with Crippen LogP contribution in [0.15, 0.2) is 60.1 Å². The lowest BCUT2D eigenvalue weighted by atomic mass is 10.1. The van der Waals surface area contributed by atoms with E-state index in [1.54, 1.807) is 11.3 Å². The lowest BCUT2D eigenvalue weighted by Crippen LogP contribution is -2.31. The Bertz CT molecular complexity index is 1200. The molecule has 3 N–H and O–H groups in total. The van der Waals surface area contributed by atoms with Crippen molar-refractivity contribution in [2.75, 3.05) is 36.5 Å². The van der Waals surface area contributed by atoms with E-state index < -0.39 is 0 Å². The molecule has 35 heavy (non-hydrogen) atoms. The number of aliphatic hydroxyl groups is 1. The fourth-order valence-electron chi connectivity index (χ4n) is 3.92. The Kier molecular flexibility index (Phi) is 8.97. The molecule has 0 spiro atoms. The van der Waals surface area contributed by atoms with Crippen LogP contribution in [0.25, 0.3) is 21.3 Å². The minimum absolute atomic E-state index is 0.0126. The number of hydrogen-bond donors (Lipinski definition) is 3. The van der Waals surface area contributed by atoms with Crippen LogP contribution in [0.3, 0.4) is 0 Å². The van der Waals surface area contributed by atoms with Crippen LogP contribution in [0.1, 0.15) is 25.0 Å². The number of anilines is 2. The summed E-state index contributed by atoms with van der Waals surface area (Å²) in [6.45, 7) is 3.06. The molecule has 182 valence electrons. The van der Waals surface area contributed by atoms with E-state index in [2.05, 4.69) is 50.2 Å². The Hall–Kier alpha value is -3.56. The van der Waals surface area contributed by atoms with Crippen molar-refractivity contribution in [1.29, 1.82) is 0 Å². The minimum atomic E-state index is 0.0126. The van der Waals surface area contributed by atoms with Gasteiger partial charge < -0.3 is 20.6 Å². The number of carbonyl (C=O) groups is 1. The summed E-state index contributed by atoms with van der Waals surface area (Å²) < 4.78 is 0. The van der Waals surface area contributed by atoms with E-state index in [1.807, 2.05) is 30.5 Å². The molecule has 5 rings (SSSR count). The van der Waals surface area contributed by atoms with Crippen LogP contribution >= 0.6 is 11.3 Å². The number of piperidine rings is 1. The van der Waals surface area contributed by atoms with Crippen molar-refractivity contribution in [1.82, 2.24) is 20.3 Å². The quantitative estimate of drug-likeness (QED) is 0.253. The van der Waals surface area contributed by atoms with E-state index in [1.165, 1.54) is 30.4 Å². The molecule has 0 unspecified atom stereocenters. The average molecular weight is 491 g/mol. The summed E-state index contributed by atoms with van der Waals surface area (Å²) in [7, 11) is 0. The van der Waals surface area contributed by atoms with Crippen molar-refractivity contribution < 1.29 is 9.90 Å². The third-order valence-electron chi connectivity index (χ3n) is 5.65. The van der Waals surface area contributed by atoms with E-state index in [4.69, 9.17) is 15.1 Å². The van der Waals surface area contributed by atoms with Gasteiger partial charge in [0.05, 0.1) is 24.2 Å². The Morgan fingerprint density at radius 1 is 1.03 bits per heavy atom. The van der Waals surface area contributed by atoms with Gasteiger partial charge in [0.15, 0.2) is 0 Å². The molecule has 0 bridgehead atoms. The van der Waals surface area contributed by atoms with Gasteiger partial charge in [0.25, 0.3) is 0 Å². The number of fused-ring (bicyclic) bond motifs is 1. The van der Waals surface area contributed by atoms with Crippen LogP contribution < -0.4 is 15.5 Å². The number of pyridine rings is 1. The van der Waals surface area contributed by atoms with Crippen LogP contribution in [0.4, 0.5) is 11.8 Å². The van der Waals surface area contributed by atoms with Crippen LogP contribution in [0, 0.1) is 0 Å². The number of carbonyl (C=O) groups excluding carboxylic acids is 1. The molecule has 8 nitrogen and oxygen atoms in total. The summed E-state index contributed by atoms with van der Waals surface area (Å²) in [4.78, 5) is 27.0. The Labute approximate surface area is 209 Å². The number of nitrogens with one attached hydrogen (secondary N) is 2. The van der Waals surface area contributed by atoms with Gasteiger partial charge in [0.1, 0.15) is 10.6 Å². The number of aromatic nitrogens is 3. The molecule has 9 heteroatoms. The van der Waals surface area contributed by atoms with Gasteiger partial charge in [0, 0.05) is 36.8 Å². The van der Waals surface area contributed by atoms with E-state index in [-0.39, 0.29) is 6.61 Å². The Balaban J connectivity index is 0.000000431. The number of hydrogen-bond acceptors (Lipinski definition) is 8. The molecule has 1 amide bonds. The van der Waals surface area contributed by atoms with E-state index in [9.17, 15) is 4.79 Å². The number of amides is 1. The summed E-state index contributed by atoms with van der Waals surface area (Å²) in [6.07, 6.45) is 6.08. The molecule has 0 radical (unpaired) electrons. The molecule has 4 aromatic rings. The monoisotopic (exact) mass is 490 g/mol. The number of nitrogens with zero attached hydrogens (tertiary/aromatic N) is 4. The normalized spacial score (nSPS) is 13.1. The van der Waals surface area contributed by atoms with Crippen LogP contribution in [-0.4, -0.2) is 52.7 Å². The summed E-state index contributed by atoms with van der Waals surface area (Å²) in [6, 6.07) is 16.5. The Morgan fingerprint density at radius 3 is 2.51 bits per heavy atom. The van der Waals surface area contributed by atoms with Gasteiger partial charge in [-0.15, -0.1) is 11.3 Å². The topological polar surface area (TPSA) is 103 Å². The maximum atomic E-state index is 9.34. The first kappa shape index (κ1) is 24.6. The van der Waals surface area contributed by atoms with Crippen molar-refractivity contribution in [3.8, 4) is 11.1 Å². The van der Waals surface area contributed by atoms with Gasteiger partial charge in [-0.1, -0.05) is 36.4 Å². The van der Waals surface area contributed by atoms with Crippen LogP contribution in [-0.2, 0) is 11.3 Å². The van der Waals surface area contributed by atoms with Gasteiger partial charge >= 0.3 is 0 Å². The van der Waals surface area contributed by atoms with Crippen LogP contribution in [0.5, 0.6) is 0 Å². The summed E-state index contributed by atoms with van der Waals surface area (Å²) in [5.41, 5.74) is 3.36. The second kappa shape index (κ2) is 12.8. The fraction of sp³-hybridized carbons (Fsp3) is 0.308. The molecule has 1 fully saturated rings. The first-order chi connectivity index (χ1) is 17.3. The molecule has 0 saturated carbocycles. The maximum absolute atomic E-state index is 9.34. The highest BCUT2D eigenvalue weighted by Crippen LogP contribution is 2.38. The van der Waals surface area contributed by atoms with E-state index >= 15 is 0 Å². The third-order valence-corrected chi connectivity index (χ3v) is 6.52. The van der Waals surface area contributed by atoms with Crippen molar-refractivity contribution in [2.24, 2.45) is 0 Å². The smallest absolute Gasteiger partial charge is 0.228 e. The van der Waals surface area contributed by atoms with Gasteiger partial charge in [-0.3, -0.25) is 9.78 Å². The van der Waals surface area contributed by atoms with Gasteiger partial charge in [0.2, 0.25) is 12.4 Å². The molecular formula is C26H30N6O2S. The zero-order valence-electron chi connectivity index (χ0n) is 19.6. The molecule has 1 aromatic carbocycles. The van der Waals surface area contributed by atoms with Crippen molar-refractivity contribution in [2.45, 2.75) is 25.8 Å². The first-order valence-electron chi connectivity index (χ1n) is 11.8. The first-order valence-corrected chi connectivity index (χ1v) is 12.7. The lowest BCUT2D eigenvalue weighted by molar-refractivity contribution is -0.109. The fourth-order valence-corrected chi connectivity index (χ4v) is 4.87. The highest BCUT2D eigenvalue weighted by atomic mass is 32.1. The summed E-state index contributed by atoms with van der Waals surface area (Å²) in [5.74, 6) is 1.73. The second-order valence-electron chi connectivity index (χ2n) is 8.09. The van der Waals surface area contributed by atoms with Gasteiger partial charge in [-0.05, 0) is 37.0 Å². The zero-order chi connectivity index (χ0) is 24.3. The minimum Gasteiger partial charge on any atom is -0.395 e. The molecule has 1 aliphatic rings. The van der Waals surface area contributed by atoms with Crippen molar-refractivity contribution in [3.05, 3.63) is 65.8 Å². The van der Waals surface area contributed by atoms with E-state index in [0.29, 0.717) is 19.5 Å². The van der Waals surface area contributed by atoms with E-state index in [0.717, 1.165) is 40.8 Å². The largest absolute Gasteiger partial charge is 0.395 e. The molecule has 0 atom stereocenters. The summed E-state index contributed by atoms with van der Waals surface area (Å²) >= 11 is 1.69. The highest BCUT2D eigenvalue weighted by Gasteiger charge is 2.19. The van der Waals surface area contributed by atoms with Gasteiger partial charge in [-0.2, -0.15) is 4.98 Å². The standard InChI is InChI=1S/C23H23N5S.C3H7NO2/c1-3-9-17(10-4-1)19-16-29-22-20(19)21(25-15-18-11-5-6-12-24-18)26-23(27-22)28-13-7-2-8-14-28;5-2-1-4-3-6/h1,3-6,9-12,16H,2,7-8,13-15H2,(H,25,26,27);3,5H,1-2H2,(H,4,6). The third kappa shape index (κ3) is 6.52. The number of rotatable bonds is 8. The predicted molar refractivity (Wildman–Crippen MR) is 142 cm³/mol. The van der Waals surface area contributed by atoms with Gasteiger partial charge in [-0.25, -0.2) is 4.98 Å². The molecule has 0 aliphatic carbocycles. The number of thiophene rings is 1. The molecule has 1 aliphatic heterocycles. The molecule has 4 heterocycles.